The lowest BCUT2D eigenvalue weighted by atomic mass is 9.70. The van der Waals surface area contributed by atoms with Crippen LogP contribution >= 0.6 is 23.2 Å². The van der Waals surface area contributed by atoms with E-state index in [0.29, 0.717) is 16.5 Å². The van der Waals surface area contributed by atoms with Gasteiger partial charge < -0.3 is 5.11 Å². The number of aliphatic hydroxyl groups is 1. The maximum Gasteiger partial charge on any atom is 0.0956 e. The number of benzene rings is 1. The third kappa shape index (κ3) is 2.37. The molecule has 0 aliphatic rings. The Bertz CT molecular complexity index is 382. The zero-order valence-corrected chi connectivity index (χ0v) is 11.7. The largest absolute Gasteiger partial charge is 0.385 e. The summed E-state index contributed by atoms with van der Waals surface area (Å²) in [7, 11) is 0. The van der Waals surface area contributed by atoms with Crippen molar-refractivity contribution in [1.82, 2.24) is 0 Å². The van der Waals surface area contributed by atoms with E-state index in [1.165, 1.54) is 0 Å². The molecule has 1 unspecified atom stereocenters. The van der Waals surface area contributed by atoms with Gasteiger partial charge in [0.25, 0.3) is 0 Å². The van der Waals surface area contributed by atoms with Gasteiger partial charge in [-0.2, -0.15) is 0 Å². The van der Waals surface area contributed by atoms with Gasteiger partial charge in [0.1, 0.15) is 0 Å². The van der Waals surface area contributed by atoms with Gasteiger partial charge >= 0.3 is 0 Å². The Labute approximate surface area is 107 Å². The van der Waals surface area contributed by atoms with Gasteiger partial charge in [0.05, 0.1) is 5.60 Å². The molecule has 0 saturated carbocycles. The highest BCUT2D eigenvalue weighted by molar-refractivity contribution is 6.35. The monoisotopic (exact) mass is 260 g/mol. The second kappa shape index (κ2) is 4.56. The molecule has 1 aromatic carbocycles. The summed E-state index contributed by atoms with van der Waals surface area (Å²) in [4.78, 5) is 0. The molecule has 0 fully saturated rings. The molecule has 3 heteroatoms. The highest BCUT2D eigenvalue weighted by Crippen LogP contribution is 2.44. The van der Waals surface area contributed by atoms with Crippen LogP contribution < -0.4 is 0 Å². The summed E-state index contributed by atoms with van der Waals surface area (Å²) in [6.07, 6.45) is 0.609. The van der Waals surface area contributed by atoms with Crippen molar-refractivity contribution < 1.29 is 5.11 Å². The van der Waals surface area contributed by atoms with E-state index in [1.807, 2.05) is 27.7 Å². The fourth-order valence-corrected chi connectivity index (χ4v) is 2.51. The van der Waals surface area contributed by atoms with Crippen molar-refractivity contribution in [2.45, 2.75) is 39.7 Å². The Hall–Kier alpha value is -0.240. The Morgan fingerprint density at radius 1 is 1.19 bits per heavy atom. The predicted octanol–water partition coefficient (Wildman–Crippen LogP) is 4.64. The first-order chi connectivity index (χ1) is 7.22. The summed E-state index contributed by atoms with van der Waals surface area (Å²) in [6.45, 7) is 7.96. The van der Waals surface area contributed by atoms with E-state index in [0.717, 1.165) is 5.56 Å². The minimum absolute atomic E-state index is 0.279. The average molecular weight is 261 g/mol. The van der Waals surface area contributed by atoms with Crippen molar-refractivity contribution in [3.05, 3.63) is 33.8 Å². The molecular formula is C13H18Cl2O. The van der Waals surface area contributed by atoms with Crippen LogP contribution in [0.3, 0.4) is 0 Å². The summed E-state index contributed by atoms with van der Waals surface area (Å²) in [6, 6.07) is 5.24. The van der Waals surface area contributed by atoms with Crippen LogP contribution in [0.25, 0.3) is 0 Å². The van der Waals surface area contributed by atoms with Crippen LogP contribution in [-0.2, 0) is 5.60 Å². The van der Waals surface area contributed by atoms with Crippen LogP contribution in [0.4, 0.5) is 0 Å². The molecular weight excluding hydrogens is 243 g/mol. The molecule has 0 spiro atoms. The van der Waals surface area contributed by atoms with E-state index in [-0.39, 0.29) is 5.41 Å². The third-order valence-electron chi connectivity index (χ3n) is 3.13. The average Bonchev–Trinajstić information content (AvgIpc) is 2.15. The minimum Gasteiger partial charge on any atom is -0.385 e. The normalized spacial score (nSPS) is 15.9. The lowest BCUT2D eigenvalue weighted by molar-refractivity contribution is -0.0673. The second-order valence-electron chi connectivity index (χ2n) is 5.09. The molecule has 0 heterocycles. The van der Waals surface area contributed by atoms with Crippen LogP contribution in [0.5, 0.6) is 0 Å². The fourth-order valence-electron chi connectivity index (χ4n) is 1.95. The van der Waals surface area contributed by atoms with E-state index in [9.17, 15) is 5.11 Å². The van der Waals surface area contributed by atoms with Crippen LogP contribution in [0.1, 0.15) is 39.7 Å². The topological polar surface area (TPSA) is 20.2 Å². The standard InChI is InChI=1S/C13H18Cl2O/c1-5-13(16,12(2,3)4)10-7-6-9(14)8-11(10)15/h6-8,16H,5H2,1-4H3. The maximum absolute atomic E-state index is 10.8. The molecule has 16 heavy (non-hydrogen) atoms. The minimum atomic E-state index is -0.936. The molecule has 0 aliphatic heterocycles. The molecule has 0 bridgehead atoms. The van der Waals surface area contributed by atoms with Crippen molar-refractivity contribution in [2.75, 3.05) is 0 Å². The second-order valence-corrected chi connectivity index (χ2v) is 5.93. The first-order valence-electron chi connectivity index (χ1n) is 5.40. The van der Waals surface area contributed by atoms with E-state index in [1.54, 1.807) is 18.2 Å². The molecule has 0 saturated heterocycles. The molecule has 1 rings (SSSR count). The molecule has 1 atom stereocenters. The first-order valence-corrected chi connectivity index (χ1v) is 6.16. The van der Waals surface area contributed by atoms with Crippen molar-refractivity contribution >= 4 is 23.2 Å². The number of halogens is 2. The fraction of sp³-hybridized carbons (Fsp3) is 0.538. The van der Waals surface area contributed by atoms with E-state index in [2.05, 4.69) is 0 Å². The Morgan fingerprint density at radius 3 is 2.12 bits per heavy atom. The Balaban J connectivity index is 3.34. The SMILES string of the molecule is CCC(O)(c1ccc(Cl)cc1Cl)C(C)(C)C. The number of hydrogen-bond donors (Lipinski definition) is 1. The predicted molar refractivity (Wildman–Crippen MR) is 70.1 cm³/mol. The summed E-state index contributed by atoms with van der Waals surface area (Å²) >= 11 is 12.0. The number of rotatable bonds is 2. The zero-order chi connectivity index (χ0) is 12.6. The molecule has 0 aromatic heterocycles. The zero-order valence-electron chi connectivity index (χ0n) is 10.1. The lowest BCUT2D eigenvalue weighted by Crippen LogP contribution is -2.39. The van der Waals surface area contributed by atoms with Crippen LogP contribution in [-0.4, -0.2) is 5.11 Å². The lowest BCUT2D eigenvalue weighted by Gasteiger charge is -2.40. The molecule has 0 radical (unpaired) electrons. The van der Waals surface area contributed by atoms with Gasteiger partial charge in [-0.3, -0.25) is 0 Å². The van der Waals surface area contributed by atoms with E-state index in [4.69, 9.17) is 23.2 Å². The molecule has 1 aromatic rings. The van der Waals surface area contributed by atoms with Crippen LogP contribution in [0, 0.1) is 5.41 Å². The van der Waals surface area contributed by atoms with Crippen molar-refractivity contribution in [3.8, 4) is 0 Å². The molecule has 0 amide bonds. The van der Waals surface area contributed by atoms with Gasteiger partial charge in [0.2, 0.25) is 0 Å². The Morgan fingerprint density at radius 2 is 1.75 bits per heavy atom. The maximum atomic E-state index is 10.8. The first kappa shape index (κ1) is 13.8. The molecule has 1 nitrogen and oxygen atoms in total. The molecule has 90 valence electrons. The summed E-state index contributed by atoms with van der Waals surface area (Å²) < 4.78 is 0. The Kier molecular flexibility index (Phi) is 3.94. The quantitative estimate of drug-likeness (QED) is 0.822. The van der Waals surface area contributed by atoms with Gasteiger partial charge in [-0.05, 0) is 24.0 Å². The highest BCUT2D eigenvalue weighted by Gasteiger charge is 2.41. The van der Waals surface area contributed by atoms with Crippen molar-refractivity contribution in [1.29, 1.82) is 0 Å². The van der Waals surface area contributed by atoms with Gasteiger partial charge in [0.15, 0.2) is 0 Å². The van der Waals surface area contributed by atoms with Crippen LogP contribution in [0.15, 0.2) is 18.2 Å². The molecule has 1 N–H and O–H groups in total. The van der Waals surface area contributed by atoms with Gasteiger partial charge in [-0.15, -0.1) is 0 Å². The summed E-state index contributed by atoms with van der Waals surface area (Å²) in [5, 5.41) is 11.9. The van der Waals surface area contributed by atoms with Gasteiger partial charge in [-0.25, -0.2) is 0 Å². The summed E-state index contributed by atoms with van der Waals surface area (Å²) in [5.74, 6) is 0. The van der Waals surface area contributed by atoms with E-state index >= 15 is 0 Å². The smallest absolute Gasteiger partial charge is 0.0956 e. The summed E-state index contributed by atoms with van der Waals surface area (Å²) in [5.41, 5.74) is -0.470. The van der Waals surface area contributed by atoms with Gasteiger partial charge in [0, 0.05) is 15.6 Å². The highest BCUT2D eigenvalue weighted by atomic mass is 35.5. The number of hydrogen-bond acceptors (Lipinski definition) is 1. The molecule has 0 aliphatic carbocycles. The van der Waals surface area contributed by atoms with E-state index < -0.39 is 5.60 Å². The van der Waals surface area contributed by atoms with Crippen LogP contribution in [0.2, 0.25) is 10.0 Å². The van der Waals surface area contributed by atoms with Crippen molar-refractivity contribution in [2.24, 2.45) is 5.41 Å². The van der Waals surface area contributed by atoms with Gasteiger partial charge in [-0.1, -0.05) is 57.0 Å². The third-order valence-corrected chi connectivity index (χ3v) is 3.68. The van der Waals surface area contributed by atoms with Crippen molar-refractivity contribution in [3.63, 3.8) is 0 Å².